The van der Waals surface area contributed by atoms with E-state index >= 15 is 0 Å². The predicted molar refractivity (Wildman–Crippen MR) is 60.8 cm³/mol. The van der Waals surface area contributed by atoms with Crippen LogP contribution in [0.15, 0.2) is 22.7 Å². The Morgan fingerprint density at radius 3 is 2.71 bits per heavy atom. The van der Waals surface area contributed by atoms with E-state index in [1.54, 1.807) is 6.07 Å². The summed E-state index contributed by atoms with van der Waals surface area (Å²) in [5.41, 5.74) is 0.733. The zero-order chi connectivity index (χ0) is 10.6. The maximum Gasteiger partial charge on any atom is 0.129 e. The molecule has 0 aliphatic carbocycles. The second kappa shape index (κ2) is 5.47. The Morgan fingerprint density at radius 2 is 2.21 bits per heavy atom. The van der Waals surface area contributed by atoms with Crippen LogP contribution in [0.4, 0.5) is 4.39 Å². The average Bonchev–Trinajstić information content (AvgIpc) is 2.16. The average molecular weight is 260 g/mol. The van der Waals surface area contributed by atoms with Crippen molar-refractivity contribution < 1.29 is 4.39 Å². The third kappa shape index (κ3) is 2.55. The van der Waals surface area contributed by atoms with Crippen molar-refractivity contribution in [1.82, 2.24) is 5.32 Å². The van der Waals surface area contributed by atoms with E-state index in [1.165, 1.54) is 6.07 Å². The molecule has 1 aromatic rings. The smallest absolute Gasteiger partial charge is 0.129 e. The molecule has 0 radical (unpaired) electrons. The van der Waals surface area contributed by atoms with Gasteiger partial charge < -0.3 is 5.32 Å². The molecule has 1 N–H and O–H groups in total. The van der Waals surface area contributed by atoms with Gasteiger partial charge in [-0.3, -0.25) is 0 Å². The Labute approximate surface area is 92.8 Å². The van der Waals surface area contributed by atoms with Crippen molar-refractivity contribution in [3.63, 3.8) is 0 Å². The van der Waals surface area contributed by atoms with E-state index < -0.39 is 0 Å². The van der Waals surface area contributed by atoms with Gasteiger partial charge in [0.1, 0.15) is 5.82 Å². The fourth-order valence-electron chi connectivity index (χ4n) is 1.57. The molecule has 1 atom stereocenters. The van der Waals surface area contributed by atoms with Crippen molar-refractivity contribution >= 4 is 15.9 Å². The molecule has 0 saturated heterocycles. The normalized spacial score (nSPS) is 12.9. The van der Waals surface area contributed by atoms with Crippen molar-refractivity contribution in [1.29, 1.82) is 0 Å². The van der Waals surface area contributed by atoms with Crippen LogP contribution in [0.3, 0.4) is 0 Å². The van der Waals surface area contributed by atoms with Gasteiger partial charge >= 0.3 is 0 Å². The van der Waals surface area contributed by atoms with Crippen molar-refractivity contribution in [2.24, 2.45) is 0 Å². The molecule has 0 fully saturated rings. The highest BCUT2D eigenvalue weighted by Gasteiger charge is 2.15. The van der Waals surface area contributed by atoms with Crippen LogP contribution in [0.5, 0.6) is 0 Å². The number of rotatable bonds is 4. The molecule has 0 aromatic heterocycles. The monoisotopic (exact) mass is 259 g/mol. The number of nitrogens with one attached hydrogen (secondary N) is 1. The van der Waals surface area contributed by atoms with Gasteiger partial charge in [-0.2, -0.15) is 0 Å². The highest BCUT2D eigenvalue weighted by molar-refractivity contribution is 9.10. The molecular weight excluding hydrogens is 245 g/mol. The zero-order valence-electron chi connectivity index (χ0n) is 8.48. The highest BCUT2D eigenvalue weighted by Crippen LogP contribution is 2.28. The molecule has 0 aliphatic rings. The molecular formula is C11H15BrFN. The van der Waals surface area contributed by atoms with Crippen LogP contribution in [0.25, 0.3) is 0 Å². The lowest BCUT2D eigenvalue weighted by Crippen LogP contribution is -2.17. The number of halogens is 2. The molecule has 3 heteroatoms. The minimum absolute atomic E-state index is 0.0931. The second-order valence-electron chi connectivity index (χ2n) is 3.27. The van der Waals surface area contributed by atoms with Crippen molar-refractivity contribution in [3.8, 4) is 0 Å². The molecule has 0 bridgehead atoms. The van der Waals surface area contributed by atoms with Gasteiger partial charge in [-0.05, 0) is 25.6 Å². The molecule has 1 rings (SSSR count). The predicted octanol–water partition coefficient (Wildman–Crippen LogP) is 3.65. The van der Waals surface area contributed by atoms with Crippen LogP contribution < -0.4 is 5.32 Å². The van der Waals surface area contributed by atoms with Crippen LogP contribution in [0.1, 0.15) is 31.4 Å². The summed E-state index contributed by atoms with van der Waals surface area (Å²) in [4.78, 5) is 0. The molecule has 14 heavy (non-hydrogen) atoms. The third-order valence-corrected chi connectivity index (χ3v) is 2.97. The van der Waals surface area contributed by atoms with Crippen LogP contribution in [0.2, 0.25) is 0 Å². The minimum Gasteiger partial charge on any atom is -0.313 e. The molecule has 78 valence electrons. The third-order valence-electron chi connectivity index (χ3n) is 2.27. The van der Waals surface area contributed by atoms with Crippen LogP contribution in [0, 0.1) is 5.82 Å². The Balaban J connectivity index is 3.02. The van der Waals surface area contributed by atoms with Gasteiger partial charge in [0, 0.05) is 16.1 Å². The van der Waals surface area contributed by atoms with Gasteiger partial charge in [-0.15, -0.1) is 0 Å². The summed E-state index contributed by atoms with van der Waals surface area (Å²) < 4.78 is 14.4. The highest BCUT2D eigenvalue weighted by atomic mass is 79.9. The number of hydrogen-bond acceptors (Lipinski definition) is 1. The van der Waals surface area contributed by atoms with Crippen molar-refractivity contribution in [2.75, 3.05) is 7.05 Å². The van der Waals surface area contributed by atoms with Gasteiger partial charge in [0.2, 0.25) is 0 Å². The number of hydrogen-bond donors (Lipinski definition) is 1. The first-order valence-corrected chi connectivity index (χ1v) is 5.61. The van der Waals surface area contributed by atoms with E-state index in [2.05, 4.69) is 28.2 Å². The molecule has 1 aromatic carbocycles. The van der Waals surface area contributed by atoms with Crippen molar-refractivity contribution in [3.05, 3.63) is 34.1 Å². The summed E-state index contributed by atoms with van der Waals surface area (Å²) in [5.74, 6) is -0.146. The fraction of sp³-hybridized carbons (Fsp3) is 0.455. The van der Waals surface area contributed by atoms with E-state index in [4.69, 9.17) is 0 Å². The van der Waals surface area contributed by atoms with E-state index in [-0.39, 0.29) is 11.9 Å². The largest absolute Gasteiger partial charge is 0.313 e. The fourth-order valence-corrected chi connectivity index (χ4v) is 2.18. The lowest BCUT2D eigenvalue weighted by Gasteiger charge is -2.17. The SMILES string of the molecule is CCCC(NC)c1c(F)cccc1Br. The minimum atomic E-state index is -0.146. The van der Waals surface area contributed by atoms with Crippen LogP contribution in [-0.4, -0.2) is 7.05 Å². The Kier molecular flexibility index (Phi) is 4.55. The molecule has 0 spiro atoms. The maximum absolute atomic E-state index is 13.5. The summed E-state index contributed by atoms with van der Waals surface area (Å²) in [6.45, 7) is 2.10. The van der Waals surface area contributed by atoms with E-state index in [0.717, 1.165) is 22.9 Å². The summed E-state index contributed by atoms with van der Waals surface area (Å²) in [6.07, 6.45) is 1.97. The molecule has 0 amide bonds. The second-order valence-corrected chi connectivity index (χ2v) is 4.12. The first kappa shape index (κ1) is 11.7. The van der Waals surface area contributed by atoms with Gasteiger partial charge in [0.15, 0.2) is 0 Å². The van der Waals surface area contributed by atoms with E-state index in [0.29, 0.717) is 0 Å². The van der Waals surface area contributed by atoms with Gasteiger partial charge in [0.05, 0.1) is 0 Å². The molecule has 0 saturated carbocycles. The Morgan fingerprint density at radius 1 is 1.50 bits per heavy atom. The maximum atomic E-state index is 13.5. The Bertz CT molecular complexity index is 281. The van der Waals surface area contributed by atoms with Gasteiger partial charge in [0.25, 0.3) is 0 Å². The van der Waals surface area contributed by atoms with E-state index in [9.17, 15) is 4.39 Å². The summed E-state index contributed by atoms with van der Waals surface area (Å²) in [6, 6.07) is 5.18. The topological polar surface area (TPSA) is 12.0 Å². The molecule has 0 heterocycles. The Hall–Kier alpha value is -0.410. The summed E-state index contributed by atoms with van der Waals surface area (Å²) >= 11 is 3.38. The molecule has 0 aliphatic heterocycles. The quantitative estimate of drug-likeness (QED) is 0.871. The van der Waals surface area contributed by atoms with Gasteiger partial charge in [-0.1, -0.05) is 35.3 Å². The lowest BCUT2D eigenvalue weighted by molar-refractivity contribution is 0.501. The van der Waals surface area contributed by atoms with E-state index in [1.807, 2.05) is 13.1 Å². The van der Waals surface area contributed by atoms with Crippen LogP contribution >= 0.6 is 15.9 Å². The number of benzene rings is 1. The van der Waals surface area contributed by atoms with Gasteiger partial charge in [-0.25, -0.2) is 4.39 Å². The summed E-state index contributed by atoms with van der Waals surface area (Å²) in [7, 11) is 1.86. The first-order valence-electron chi connectivity index (χ1n) is 4.81. The molecule has 1 nitrogen and oxygen atoms in total. The molecule has 1 unspecified atom stereocenters. The zero-order valence-corrected chi connectivity index (χ0v) is 10.1. The van der Waals surface area contributed by atoms with Crippen molar-refractivity contribution in [2.45, 2.75) is 25.8 Å². The first-order chi connectivity index (χ1) is 6.70. The summed E-state index contributed by atoms with van der Waals surface area (Å²) in [5, 5.41) is 3.13. The standard InChI is InChI=1S/C11H15BrFN/c1-3-5-10(14-2)11-8(12)6-4-7-9(11)13/h4,6-7,10,14H,3,5H2,1-2H3. The van der Waals surface area contributed by atoms with Crippen LogP contribution in [-0.2, 0) is 0 Å². The lowest BCUT2D eigenvalue weighted by atomic mass is 10.0.